The Morgan fingerprint density at radius 3 is 2.46 bits per heavy atom. The molecular weight excluding hydrogens is 378 g/mol. The maximum Gasteiger partial charge on any atom is 0.417 e. The van der Waals surface area contributed by atoms with E-state index < -0.39 is 17.6 Å². The van der Waals surface area contributed by atoms with Gasteiger partial charge in [0.05, 0.1) is 17.4 Å². The fraction of sp³-hybridized carbons (Fsp3) is 0.111. The van der Waals surface area contributed by atoms with Crippen molar-refractivity contribution in [2.24, 2.45) is 0 Å². The molecule has 3 rings (SSSR count). The molecule has 2 aromatic heterocycles. The second-order valence-electron chi connectivity index (χ2n) is 5.65. The molecule has 0 saturated carbocycles. The molecule has 0 aliphatic rings. The lowest BCUT2D eigenvalue weighted by Crippen LogP contribution is -2.18. The number of alkyl halides is 3. The van der Waals surface area contributed by atoms with Gasteiger partial charge in [0.1, 0.15) is 5.82 Å². The van der Waals surface area contributed by atoms with Crippen LogP contribution in [-0.2, 0) is 12.7 Å². The third-order valence-electron chi connectivity index (χ3n) is 3.61. The van der Waals surface area contributed by atoms with Gasteiger partial charge in [-0.2, -0.15) is 13.2 Å². The summed E-state index contributed by atoms with van der Waals surface area (Å²) >= 11 is 0. The molecule has 1 aromatic carbocycles. The molecule has 3 aromatic rings. The molecule has 10 heteroatoms. The maximum absolute atomic E-state index is 13.0. The van der Waals surface area contributed by atoms with Crippen LogP contribution in [0.5, 0.6) is 0 Å². The molecule has 0 aliphatic heterocycles. The van der Waals surface area contributed by atoms with Crippen LogP contribution in [0.1, 0.15) is 21.6 Å². The Kier molecular flexibility index (Phi) is 5.48. The predicted octanol–water partition coefficient (Wildman–Crippen LogP) is 3.89. The van der Waals surface area contributed by atoms with E-state index in [4.69, 9.17) is 0 Å². The summed E-state index contributed by atoms with van der Waals surface area (Å²) in [5.41, 5.74) is -0.489. The third kappa shape index (κ3) is 4.78. The number of hydrogen-bond acceptors (Lipinski definition) is 5. The Morgan fingerprint density at radius 1 is 1.04 bits per heavy atom. The molecule has 0 radical (unpaired) electrons. The largest absolute Gasteiger partial charge is 0.417 e. The number of nitrogens with one attached hydrogen (secondary N) is 2. The van der Waals surface area contributed by atoms with E-state index in [1.165, 1.54) is 24.5 Å². The Morgan fingerprint density at radius 2 is 1.75 bits per heavy atom. The Bertz CT molecular complexity index is 976. The van der Waals surface area contributed by atoms with Crippen molar-refractivity contribution in [2.45, 2.75) is 12.7 Å². The van der Waals surface area contributed by atoms with Gasteiger partial charge in [0, 0.05) is 25.1 Å². The van der Waals surface area contributed by atoms with E-state index in [2.05, 4.69) is 25.6 Å². The van der Waals surface area contributed by atoms with Gasteiger partial charge in [-0.1, -0.05) is 12.1 Å². The molecule has 2 N–H and O–H groups in total. The average molecular weight is 391 g/mol. The van der Waals surface area contributed by atoms with Gasteiger partial charge in [0.15, 0.2) is 11.5 Å². The van der Waals surface area contributed by atoms with E-state index in [0.717, 1.165) is 17.8 Å². The summed E-state index contributed by atoms with van der Waals surface area (Å²) in [6.07, 6.45) is -0.192. The average Bonchev–Trinajstić information content (AvgIpc) is 2.67. The van der Waals surface area contributed by atoms with Crippen LogP contribution in [0.4, 0.5) is 29.1 Å². The lowest BCUT2D eigenvalue weighted by molar-refractivity contribution is -0.137. The lowest BCUT2D eigenvalue weighted by Gasteiger charge is -2.11. The fourth-order valence-electron chi connectivity index (χ4n) is 2.28. The number of amides is 1. The van der Waals surface area contributed by atoms with Gasteiger partial charge in [-0.15, -0.1) is 0 Å². The first-order valence-electron chi connectivity index (χ1n) is 7.96. The Balaban J connectivity index is 1.75. The Labute approximate surface area is 156 Å². The van der Waals surface area contributed by atoms with Crippen LogP contribution in [0.2, 0.25) is 0 Å². The summed E-state index contributed by atoms with van der Waals surface area (Å²) in [6, 6.07) is 6.48. The van der Waals surface area contributed by atoms with Crippen LogP contribution in [0.25, 0.3) is 0 Å². The van der Waals surface area contributed by atoms with E-state index in [9.17, 15) is 22.4 Å². The van der Waals surface area contributed by atoms with Gasteiger partial charge in [0.2, 0.25) is 0 Å². The van der Waals surface area contributed by atoms with Crippen LogP contribution in [0.3, 0.4) is 0 Å². The highest BCUT2D eigenvalue weighted by molar-refractivity contribution is 6.05. The number of carbonyl (C=O) groups excluding carboxylic acids is 1. The van der Waals surface area contributed by atoms with Gasteiger partial charge in [0.25, 0.3) is 5.91 Å². The lowest BCUT2D eigenvalue weighted by atomic mass is 10.2. The molecule has 2 heterocycles. The van der Waals surface area contributed by atoms with Gasteiger partial charge in [-0.3, -0.25) is 9.78 Å². The zero-order chi connectivity index (χ0) is 20.1. The van der Waals surface area contributed by atoms with E-state index in [1.54, 1.807) is 12.1 Å². The van der Waals surface area contributed by atoms with Crippen LogP contribution in [0.15, 0.2) is 55.1 Å². The standard InChI is InChI=1S/C18H13F4N5O/c19-13-3-1-11(2-4-13)8-26-16-15(24-5-6-25-16)17(28)27-14-7-12(9-23-10-14)18(20,21)22/h1-7,9-10H,8H2,(H,25,26)(H,27,28). The first kappa shape index (κ1) is 19.2. The molecule has 1 amide bonds. The second kappa shape index (κ2) is 7.99. The van der Waals surface area contributed by atoms with Crippen LogP contribution in [-0.4, -0.2) is 20.9 Å². The van der Waals surface area contributed by atoms with Crippen molar-refractivity contribution in [3.63, 3.8) is 0 Å². The number of aromatic nitrogens is 3. The molecule has 0 bridgehead atoms. The molecule has 0 atom stereocenters. The second-order valence-corrected chi connectivity index (χ2v) is 5.65. The fourth-order valence-corrected chi connectivity index (χ4v) is 2.28. The van der Waals surface area contributed by atoms with Gasteiger partial charge in [-0.05, 0) is 23.8 Å². The molecule has 0 unspecified atom stereocenters. The van der Waals surface area contributed by atoms with E-state index in [-0.39, 0.29) is 29.6 Å². The van der Waals surface area contributed by atoms with E-state index >= 15 is 0 Å². The summed E-state index contributed by atoms with van der Waals surface area (Å²) in [5, 5.41) is 5.22. The number of benzene rings is 1. The van der Waals surface area contributed by atoms with Crippen molar-refractivity contribution >= 4 is 17.4 Å². The van der Waals surface area contributed by atoms with Crippen molar-refractivity contribution in [1.82, 2.24) is 15.0 Å². The molecule has 6 nitrogen and oxygen atoms in total. The topological polar surface area (TPSA) is 79.8 Å². The summed E-state index contributed by atoms with van der Waals surface area (Å²) < 4.78 is 51.3. The highest BCUT2D eigenvalue weighted by atomic mass is 19.4. The summed E-state index contributed by atoms with van der Waals surface area (Å²) in [5.74, 6) is -1.00. The van der Waals surface area contributed by atoms with Crippen molar-refractivity contribution in [2.75, 3.05) is 10.6 Å². The van der Waals surface area contributed by atoms with E-state index in [1.807, 2.05) is 0 Å². The number of rotatable bonds is 5. The number of pyridine rings is 1. The van der Waals surface area contributed by atoms with E-state index in [0.29, 0.717) is 6.20 Å². The zero-order valence-electron chi connectivity index (χ0n) is 14.2. The molecular formula is C18H13F4N5O. The van der Waals surface area contributed by atoms with Gasteiger partial charge < -0.3 is 10.6 Å². The van der Waals surface area contributed by atoms with Crippen molar-refractivity contribution < 1.29 is 22.4 Å². The molecule has 0 aliphatic carbocycles. The summed E-state index contributed by atoms with van der Waals surface area (Å²) in [6.45, 7) is 0.240. The first-order valence-corrected chi connectivity index (χ1v) is 7.96. The van der Waals surface area contributed by atoms with Gasteiger partial charge >= 0.3 is 6.18 Å². The van der Waals surface area contributed by atoms with Gasteiger partial charge in [-0.25, -0.2) is 14.4 Å². The smallest absolute Gasteiger partial charge is 0.364 e. The Hall–Kier alpha value is -3.56. The quantitative estimate of drug-likeness (QED) is 0.645. The minimum Gasteiger partial charge on any atom is -0.364 e. The number of hydrogen-bond donors (Lipinski definition) is 2. The van der Waals surface area contributed by atoms with Crippen molar-refractivity contribution in [3.8, 4) is 0 Å². The van der Waals surface area contributed by atoms with Crippen LogP contribution >= 0.6 is 0 Å². The normalized spacial score (nSPS) is 11.1. The SMILES string of the molecule is O=C(Nc1cncc(C(F)(F)F)c1)c1nccnc1NCc1ccc(F)cc1. The number of anilines is 2. The summed E-state index contributed by atoms with van der Waals surface area (Å²) in [4.78, 5) is 23.9. The first-order chi connectivity index (χ1) is 13.3. The third-order valence-corrected chi connectivity index (χ3v) is 3.61. The highest BCUT2D eigenvalue weighted by Crippen LogP contribution is 2.30. The molecule has 0 spiro atoms. The molecule has 0 fully saturated rings. The van der Waals surface area contributed by atoms with Crippen molar-refractivity contribution in [1.29, 1.82) is 0 Å². The van der Waals surface area contributed by atoms with Crippen molar-refractivity contribution in [3.05, 3.63) is 77.8 Å². The summed E-state index contributed by atoms with van der Waals surface area (Å²) in [7, 11) is 0. The zero-order valence-corrected chi connectivity index (χ0v) is 14.2. The number of halogens is 4. The van der Waals surface area contributed by atoms with Crippen LogP contribution < -0.4 is 10.6 Å². The molecule has 0 saturated heterocycles. The minimum atomic E-state index is -4.58. The number of carbonyl (C=O) groups is 1. The van der Waals surface area contributed by atoms with Crippen LogP contribution in [0, 0.1) is 5.82 Å². The minimum absolute atomic E-state index is 0.109. The predicted molar refractivity (Wildman–Crippen MR) is 93.0 cm³/mol. The monoisotopic (exact) mass is 391 g/mol. The molecule has 144 valence electrons. The maximum atomic E-state index is 13.0. The number of nitrogens with zero attached hydrogens (tertiary/aromatic N) is 3. The molecule has 28 heavy (non-hydrogen) atoms. The highest BCUT2D eigenvalue weighted by Gasteiger charge is 2.31.